The van der Waals surface area contributed by atoms with Crippen LogP contribution in [-0.4, -0.2) is 29.8 Å². The molecular formula is C13H16N2O7. The van der Waals surface area contributed by atoms with Gasteiger partial charge in [-0.25, -0.2) is 0 Å². The molecule has 22 heavy (non-hydrogen) atoms. The Morgan fingerprint density at radius 1 is 1.23 bits per heavy atom. The first kappa shape index (κ1) is 17.3. The molecule has 1 aromatic rings. The topological polar surface area (TPSA) is 122 Å². The zero-order chi connectivity index (χ0) is 16.7. The van der Waals surface area contributed by atoms with Gasteiger partial charge in [-0.2, -0.15) is 0 Å². The maximum atomic E-state index is 11.2. The van der Waals surface area contributed by atoms with E-state index in [4.69, 9.17) is 9.47 Å². The van der Waals surface area contributed by atoms with Gasteiger partial charge in [-0.05, 0) is 6.42 Å². The third kappa shape index (κ3) is 3.68. The van der Waals surface area contributed by atoms with E-state index in [0.717, 1.165) is 26.0 Å². The van der Waals surface area contributed by atoms with Gasteiger partial charge in [-0.15, -0.1) is 0 Å². The predicted molar refractivity (Wildman–Crippen MR) is 76.7 cm³/mol. The zero-order valence-electron chi connectivity index (χ0n) is 12.2. The number of ether oxygens (including phenoxy) is 2. The molecule has 0 N–H and O–H groups in total. The van der Waals surface area contributed by atoms with Crippen molar-refractivity contribution < 1.29 is 24.1 Å². The third-order valence-corrected chi connectivity index (χ3v) is 2.94. The number of benzene rings is 1. The van der Waals surface area contributed by atoms with Gasteiger partial charge in [0.15, 0.2) is 6.29 Å². The van der Waals surface area contributed by atoms with Crippen molar-refractivity contribution in [2.24, 2.45) is 0 Å². The van der Waals surface area contributed by atoms with E-state index >= 15 is 0 Å². The number of methoxy groups -OCH3 is 1. The molecule has 0 saturated heterocycles. The van der Waals surface area contributed by atoms with Crippen molar-refractivity contribution in [3.63, 3.8) is 0 Å². The molecule has 0 saturated carbocycles. The number of carbonyl (C=O) groups is 1. The second-order valence-corrected chi connectivity index (χ2v) is 4.38. The lowest BCUT2D eigenvalue weighted by atomic mass is 10.1. The van der Waals surface area contributed by atoms with Gasteiger partial charge in [0.2, 0.25) is 11.5 Å². The molecule has 0 amide bonds. The molecule has 0 aromatic heterocycles. The van der Waals surface area contributed by atoms with Crippen LogP contribution in [0.15, 0.2) is 6.07 Å². The van der Waals surface area contributed by atoms with Crippen molar-refractivity contribution in [3.8, 4) is 11.5 Å². The number of carbonyl (C=O) groups excluding carboxylic acids is 1. The van der Waals surface area contributed by atoms with Crippen molar-refractivity contribution in [1.29, 1.82) is 0 Å². The van der Waals surface area contributed by atoms with Gasteiger partial charge < -0.3 is 9.47 Å². The number of hydrogen-bond donors (Lipinski definition) is 0. The van der Waals surface area contributed by atoms with Crippen LogP contribution in [0.1, 0.15) is 36.5 Å². The lowest BCUT2D eigenvalue weighted by Gasteiger charge is -2.11. The highest BCUT2D eigenvalue weighted by Crippen LogP contribution is 2.43. The Bertz CT molecular complexity index is 586. The van der Waals surface area contributed by atoms with Crippen LogP contribution in [-0.2, 0) is 0 Å². The smallest absolute Gasteiger partial charge is 0.325 e. The van der Waals surface area contributed by atoms with Gasteiger partial charge in [-0.3, -0.25) is 25.0 Å². The van der Waals surface area contributed by atoms with Gasteiger partial charge in [-0.1, -0.05) is 19.8 Å². The first-order valence-electron chi connectivity index (χ1n) is 6.59. The molecule has 0 bridgehead atoms. The number of aldehydes is 1. The fourth-order valence-corrected chi connectivity index (χ4v) is 1.90. The lowest BCUT2D eigenvalue weighted by molar-refractivity contribution is -0.390. The predicted octanol–water partition coefficient (Wildman–Crippen LogP) is 2.89. The Morgan fingerprint density at radius 2 is 1.91 bits per heavy atom. The number of unbranched alkanes of at least 4 members (excludes halogenated alkanes) is 2. The number of hydrogen-bond acceptors (Lipinski definition) is 7. The quantitative estimate of drug-likeness (QED) is 0.297. The maximum Gasteiger partial charge on any atom is 0.325 e. The lowest BCUT2D eigenvalue weighted by Crippen LogP contribution is -2.07. The highest BCUT2D eigenvalue weighted by atomic mass is 16.6. The minimum Gasteiger partial charge on any atom is -0.490 e. The summed E-state index contributed by atoms with van der Waals surface area (Å²) in [5, 5.41) is 22.2. The maximum absolute atomic E-state index is 11.2. The van der Waals surface area contributed by atoms with Gasteiger partial charge in [0.05, 0.1) is 29.6 Å². The molecule has 9 nitrogen and oxygen atoms in total. The molecule has 9 heteroatoms. The van der Waals surface area contributed by atoms with Crippen LogP contribution in [0.3, 0.4) is 0 Å². The summed E-state index contributed by atoms with van der Waals surface area (Å²) in [6.07, 6.45) is 2.53. The van der Waals surface area contributed by atoms with Crippen LogP contribution in [0, 0.1) is 20.2 Å². The van der Waals surface area contributed by atoms with Gasteiger partial charge in [0.1, 0.15) is 5.56 Å². The fraction of sp³-hybridized carbons (Fsp3) is 0.462. The molecule has 1 aromatic carbocycles. The molecule has 0 heterocycles. The molecule has 0 aliphatic rings. The SMILES string of the molecule is CCCCCOc1c([N+](=O)[O-])cc(OC)c([N+](=O)[O-])c1C=O. The summed E-state index contributed by atoms with van der Waals surface area (Å²) in [5.41, 5.74) is -1.68. The summed E-state index contributed by atoms with van der Waals surface area (Å²) in [6.45, 7) is 2.09. The highest BCUT2D eigenvalue weighted by molar-refractivity contribution is 5.90. The van der Waals surface area contributed by atoms with Crippen molar-refractivity contribution >= 4 is 17.7 Å². The van der Waals surface area contributed by atoms with E-state index in [-0.39, 0.29) is 18.6 Å². The van der Waals surface area contributed by atoms with E-state index in [1.807, 2.05) is 6.92 Å². The molecule has 120 valence electrons. The summed E-state index contributed by atoms with van der Waals surface area (Å²) < 4.78 is 10.1. The molecule has 0 aliphatic carbocycles. The average Bonchev–Trinajstić information content (AvgIpc) is 2.49. The second kappa shape index (κ2) is 7.91. The van der Waals surface area contributed by atoms with Crippen molar-refractivity contribution in [2.45, 2.75) is 26.2 Å². The minimum atomic E-state index is -0.828. The summed E-state index contributed by atoms with van der Waals surface area (Å²) in [7, 11) is 1.13. The van der Waals surface area contributed by atoms with Crippen molar-refractivity contribution in [2.75, 3.05) is 13.7 Å². The van der Waals surface area contributed by atoms with E-state index < -0.39 is 32.5 Å². The molecule has 0 aliphatic heterocycles. The Hall–Kier alpha value is -2.71. The second-order valence-electron chi connectivity index (χ2n) is 4.38. The zero-order valence-corrected chi connectivity index (χ0v) is 12.2. The first-order valence-corrected chi connectivity index (χ1v) is 6.59. The van der Waals surface area contributed by atoms with Gasteiger partial charge >= 0.3 is 11.4 Å². The van der Waals surface area contributed by atoms with E-state index in [9.17, 15) is 25.0 Å². The van der Waals surface area contributed by atoms with Crippen molar-refractivity contribution in [1.82, 2.24) is 0 Å². The normalized spacial score (nSPS) is 10.1. The number of rotatable bonds is 9. The summed E-state index contributed by atoms with van der Waals surface area (Å²) >= 11 is 0. The Morgan fingerprint density at radius 3 is 2.36 bits per heavy atom. The third-order valence-electron chi connectivity index (χ3n) is 2.94. The number of nitro groups is 2. The Labute approximate surface area is 126 Å². The van der Waals surface area contributed by atoms with Crippen LogP contribution in [0.4, 0.5) is 11.4 Å². The number of nitrogens with zero attached hydrogens (tertiary/aromatic N) is 2. The average molecular weight is 312 g/mol. The highest BCUT2D eigenvalue weighted by Gasteiger charge is 2.33. The molecule has 0 atom stereocenters. The molecule has 0 fully saturated rings. The summed E-state index contributed by atoms with van der Waals surface area (Å²) in [6, 6.07) is 0.889. The van der Waals surface area contributed by atoms with E-state index in [1.54, 1.807) is 0 Å². The molecule has 0 unspecified atom stereocenters. The van der Waals surface area contributed by atoms with Crippen LogP contribution in [0.5, 0.6) is 11.5 Å². The first-order chi connectivity index (χ1) is 10.5. The van der Waals surface area contributed by atoms with Crippen molar-refractivity contribution in [3.05, 3.63) is 31.9 Å². The molecular weight excluding hydrogens is 296 g/mol. The molecule has 1 rings (SSSR count). The van der Waals surface area contributed by atoms with Gasteiger partial charge in [0.25, 0.3) is 0 Å². The number of nitro benzene ring substituents is 2. The van der Waals surface area contributed by atoms with Crippen LogP contribution in [0.25, 0.3) is 0 Å². The molecule has 0 spiro atoms. The Kier molecular flexibility index (Phi) is 6.24. The van der Waals surface area contributed by atoms with Crippen LogP contribution in [0.2, 0.25) is 0 Å². The fourth-order valence-electron chi connectivity index (χ4n) is 1.90. The van der Waals surface area contributed by atoms with E-state index in [0.29, 0.717) is 6.42 Å². The summed E-state index contributed by atoms with van der Waals surface area (Å²) in [5.74, 6) is -0.761. The van der Waals surface area contributed by atoms with Gasteiger partial charge in [0, 0.05) is 0 Å². The van der Waals surface area contributed by atoms with E-state index in [2.05, 4.69) is 0 Å². The largest absolute Gasteiger partial charge is 0.490 e. The Balaban J connectivity index is 3.41. The summed E-state index contributed by atoms with van der Waals surface area (Å²) in [4.78, 5) is 31.8. The molecule has 0 radical (unpaired) electrons. The van der Waals surface area contributed by atoms with Crippen LogP contribution >= 0.6 is 0 Å². The standard InChI is InChI=1S/C13H16N2O7/c1-3-4-5-6-22-13-9(8-16)12(15(19)20)11(21-2)7-10(13)14(17)18/h7-8H,3-6H2,1-2H3. The monoisotopic (exact) mass is 312 g/mol. The van der Waals surface area contributed by atoms with E-state index in [1.165, 1.54) is 0 Å². The van der Waals surface area contributed by atoms with Crippen LogP contribution < -0.4 is 9.47 Å². The minimum absolute atomic E-state index is 0.124.